The summed E-state index contributed by atoms with van der Waals surface area (Å²) >= 11 is 0. The average molecular weight is 161 g/mol. The standard InChI is InChI=1S/C9H11N3/c1-11(2)8-4-3-6-12-7-5-10-9(8)12/h3-7H,1-2H3. The van der Waals surface area contributed by atoms with Gasteiger partial charge in [-0.25, -0.2) is 4.98 Å². The van der Waals surface area contributed by atoms with Gasteiger partial charge in [0.2, 0.25) is 0 Å². The number of hydrogen-bond acceptors (Lipinski definition) is 2. The number of pyridine rings is 1. The minimum Gasteiger partial charge on any atom is -0.375 e. The zero-order chi connectivity index (χ0) is 8.55. The van der Waals surface area contributed by atoms with Gasteiger partial charge in [0.05, 0.1) is 5.69 Å². The molecule has 3 heteroatoms. The van der Waals surface area contributed by atoms with Gasteiger partial charge >= 0.3 is 0 Å². The third kappa shape index (κ3) is 0.942. The van der Waals surface area contributed by atoms with E-state index in [9.17, 15) is 0 Å². The maximum Gasteiger partial charge on any atom is 0.160 e. The van der Waals surface area contributed by atoms with Crippen molar-refractivity contribution in [3.05, 3.63) is 30.7 Å². The first kappa shape index (κ1) is 7.16. The molecular weight excluding hydrogens is 150 g/mol. The van der Waals surface area contributed by atoms with Crippen LogP contribution in [0.25, 0.3) is 5.65 Å². The predicted molar refractivity (Wildman–Crippen MR) is 49.5 cm³/mol. The molecule has 0 amide bonds. The fourth-order valence-corrected chi connectivity index (χ4v) is 1.28. The summed E-state index contributed by atoms with van der Waals surface area (Å²) in [4.78, 5) is 6.32. The highest BCUT2D eigenvalue weighted by atomic mass is 15.1. The van der Waals surface area contributed by atoms with Crippen molar-refractivity contribution in [3.63, 3.8) is 0 Å². The molecule has 0 bridgehead atoms. The molecule has 0 unspecified atom stereocenters. The normalized spacial score (nSPS) is 10.5. The van der Waals surface area contributed by atoms with E-state index in [4.69, 9.17) is 0 Å². The van der Waals surface area contributed by atoms with Crippen LogP contribution in [0.5, 0.6) is 0 Å². The Morgan fingerprint density at radius 3 is 2.92 bits per heavy atom. The molecule has 0 saturated heterocycles. The van der Waals surface area contributed by atoms with Crippen LogP contribution >= 0.6 is 0 Å². The summed E-state index contributed by atoms with van der Waals surface area (Å²) in [5.41, 5.74) is 2.14. The zero-order valence-electron chi connectivity index (χ0n) is 7.23. The van der Waals surface area contributed by atoms with Gasteiger partial charge in [-0.15, -0.1) is 0 Å². The van der Waals surface area contributed by atoms with Crippen molar-refractivity contribution in [1.82, 2.24) is 9.38 Å². The number of nitrogens with zero attached hydrogens (tertiary/aromatic N) is 3. The van der Waals surface area contributed by atoms with Gasteiger partial charge in [0.25, 0.3) is 0 Å². The van der Waals surface area contributed by atoms with Crippen LogP contribution in [0.4, 0.5) is 5.69 Å². The van der Waals surface area contributed by atoms with Crippen molar-refractivity contribution in [1.29, 1.82) is 0 Å². The first-order valence-corrected chi connectivity index (χ1v) is 3.88. The van der Waals surface area contributed by atoms with Crippen molar-refractivity contribution < 1.29 is 0 Å². The summed E-state index contributed by atoms with van der Waals surface area (Å²) in [6, 6.07) is 4.08. The lowest BCUT2D eigenvalue weighted by atomic mass is 10.4. The highest BCUT2D eigenvalue weighted by Crippen LogP contribution is 2.16. The predicted octanol–water partition coefficient (Wildman–Crippen LogP) is 1.40. The van der Waals surface area contributed by atoms with Crippen LogP contribution in [-0.2, 0) is 0 Å². The average Bonchev–Trinajstić information content (AvgIpc) is 2.49. The van der Waals surface area contributed by atoms with Gasteiger partial charge in [0.1, 0.15) is 0 Å². The van der Waals surface area contributed by atoms with Crippen molar-refractivity contribution >= 4 is 11.3 Å². The first-order valence-electron chi connectivity index (χ1n) is 3.88. The minimum atomic E-state index is 1.00. The molecule has 12 heavy (non-hydrogen) atoms. The Hall–Kier alpha value is -1.51. The van der Waals surface area contributed by atoms with Crippen LogP contribution < -0.4 is 4.90 Å². The lowest BCUT2D eigenvalue weighted by Gasteiger charge is -2.12. The second-order valence-corrected chi connectivity index (χ2v) is 2.95. The van der Waals surface area contributed by atoms with E-state index in [-0.39, 0.29) is 0 Å². The second-order valence-electron chi connectivity index (χ2n) is 2.95. The molecule has 0 atom stereocenters. The summed E-state index contributed by atoms with van der Waals surface area (Å²) in [5.74, 6) is 0. The van der Waals surface area contributed by atoms with Crippen molar-refractivity contribution in [2.45, 2.75) is 0 Å². The highest BCUT2D eigenvalue weighted by molar-refractivity contribution is 5.67. The number of fused-ring (bicyclic) bond motifs is 1. The molecule has 3 nitrogen and oxygen atoms in total. The van der Waals surface area contributed by atoms with E-state index < -0.39 is 0 Å². The molecule has 0 spiro atoms. The van der Waals surface area contributed by atoms with Gasteiger partial charge in [-0.3, -0.25) is 0 Å². The van der Waals surface area contributed by atoms with E-state index in [1.165, 1.54) is 0 Å². The molecule has 2 heterocycles. The molecule has 2 aromatic rings. The molecule has 62 valence electrons. The Morgan fingerprint density at radius 2 is 2.17 bits per heavy atom. The fraction of sp³-hybridized carbons (Fsp3) is 0.222. The Labute approximate surface area is 71.3 Å². The van der Waals surface area contributed by atoms with Crippen LogP contribution in [0.15, 0.2) is 30.7 Å². The lowest BCUT2D eigenvalue weighted by Crippen LogP contribution is -2.09. The number of aromatic nitrogens is 2. The van der Waals surface area contributed by atoms with E-state index in [0.29, 0.717) is 0 Å². The number of anilines is 1. The molecule has 0 radical (unpaired) electrons. The van der Waals surface area contributed by atoms with Crippen LogP contribution in [0.3, 0.4) is 0 Å². The van der Waals surface area contributed by atoms with Crippen molar-refractivity contribution in [3.8, 4) is 0 Å². The van der Waals surface area contributed by atoms with E-state index in [1.807, 2.05) is 43.2 Å². The second kappa shape index (κ2) is 2.52. The van der Waals surface area contributed by atoms with E-state index in [0.717, 1.165) is 11.3 Å². The molecule has 0 N–H and O–H groups in total. The molecule has 0 fully saturated rings. The van der Waals surface area contributed by atoms with Crippen LogP contribution in [0, 0.1) is 0 Å². The third-order valence-corrected chi connectivity index (χ3v) is 1.88. The highest BCUT2D eigenvalue weighted by Gasteiger charge is 2.01. The van der Waals surface area contributed by atoms with Crippen LogP contribution in [-0.4, -0.2) is 23.5 Å². The van der Waals surface area contributed by atoms with Gasteiger partial charge in [-0.05, 0) is 12.1 Å². The summed E-state index contributed by atoms with van der Waals surface area (Å²) in [6.45, 7) is 0. The number of rotatable bonds is 1. The first-order chi connectivity index (χ1) is 5.79. The summed E-state index contributed by atoms with van der Waals surface area (Å²) in [5, 5.41) is 0. The SMILES string of the molecule is CN(C)c1cccn2ccnc12. The van der Waals surface area contributed by atoms with E-state index in [1.54, 1.807) is 0 Å². The third-order valence-electron chi connectivity index (χ3n) is 1.88. The van der Waals surface area contributed by atoms with E-state index in [2.05, 4.69) is 16.0 Å². The molecule has 2 aromatic heterocycles. The molecule has 0 aliphatic rings. The van der Waals surface area contributed by atoms with Crippen LogP contribution in [0.2, 0.25) is 0 Å². The van der Waals surface area contributed by atoms with Crippen molar-refractivity contribution in [2.75, 3.05) is 19.0 Å². The molecule has 0 saturated carbocycles. The monoisotopic (exact) mass is 161 g/mol. The Balaban J connectivity index is 2.73. The summed E-state index contributed by atoms with van der Waals surface area (Å²) in [6.07, 6.45) is 5.75. The molecule has 0 aliphatic heterocycles. The topological polar surface area (TPSA) is 20.5 Å². The minimum absolute atomic E-state index is 1.00. The van der Waals surface area contributed by atoms with Crippen LogP contribution in [0.1, 0.15) is 0 Å². The molecule has 0 aliphatic carbocycles. The number of imidazole rings is 1. The zero-order valence-corrected chi connectivity index (χ0v) is 7.23. The van der Waals surface area contributed by atoms with Crippen molar-refractivity contribution in [2.24, 2.45) is 0 Å². The summed E-state index contributed by atoms with van der Waals surface area (Å²) < 4.78 is 2.01. The molecular formula is C9H11N3. The summed E-state index contributed by atoms with van der Waals surface area (Å²) in [7, 11) is 4.04. The lowest BCUT2D eigenvalue weighted by molar-refractivity contribution is 1.10. The van der Waals surface area contributed by atoms with Gasteiger partial charge < -0.3 is 9.30 Å². The number of hydrogen-bond donors (Lipinski definition) is 0. The van der Waals surface area contributed by atoms with Gasteiger partial charge in [0, 0.05) is 32.7 Å². The van der Waals surface area contributed by atoms with Gasteiger partial charge in [-0.1, -0.05) is 0 Å². The fourth-order valence-electron chi connectivity index (χ4n) is 1.28. The Kier molecular flexibility index (Phi) is 1.50. The Bertz CT molecular complexity index is 389. The largest absolute Gasteiger partial charge is 0.375 e. The van der Waals surface area contributed by atoms with E-state index >= 15 is 0 Å². The molecule has 0 aromatic carbocycles. The quantitative estimate of drug-likeness (QED) is 0.630. The Morgan fingerprint density at radius 1 is 1.33 bits per heavy atom. The van der Waals surface area contributed by atoms with Gasteiger partial charge in [0.15, 0.2) is 5.65 Å². The smallest absolute Gasteiger partial charge is 0.160 e. The maximum atomic E-state index is 4.26. The maximum absolute atomic E-state index is 4.26. The molecule has 2 rings (SSSR count). The van der Waals surface area contributed by atoms with Gasteiger partial charge in [-0.2, -0.15) is 0 Å².